The predicted molar refractivity (Wildman–Crippen MR) is 102 cm³/mol. The predicted octanol–water partition coefficient (Wildman–Crippen LogP) is 4.33. The van der Waals surface area contributed by atoms with Crippen molar-refractivity contribution in [1.82, 2.24) is 4.90 Å². The summed E-state index contributed by atoms with van der Waals surface area (Å²) in [5, 5.41) is 9.50. The maximum Gasteiger partial charge on any atom is 0.410 e. The van der Waals surface area contributed by atoms with Crippen LogP contribution in [0.25, 0.3) is 0 Å². The molecule has 27 heavy (non-hydrogen) atoms. The van der Waals surface area contributed by atoms with E-state index in [4.69, 9.17) is 9.47 Å². The number of aromatic carboxylic acids is 1. The Hall–Kier alpha value is -3.02. The summed E-state index contributed by atoms with van der Waals surface area (Å²) in [4.78, 5) is 25.1. The fraction of sp³-hybridized carbons (Fsp3) is 0.333. The summed E-state index contributed by atoms with van der Waals surface area (Å²) < 4.78 is 11.0. The lowest BCUT2D eigenvalue weighted by atomic mass is 10.1. The van der Waals surface area contributed by atoms with Gasteiger partial charge in [0.05, 0.1) is 0 Å². The SMILES string of the molecule is CN(Cc1ccc(OCc2ccccc2)c(C(=O)O)c1)C(=O)OC(C)(C)C. The number of ether oxygens (including phenoxy) is 2. The summed E-state index contributed by atoms with van der Waals surface area (Å²) in [7, 11) is 1.61. The molecule has 0 atom stereocenters. The lowest BCUT2D eigenvalue weighted by Gasteiger charge is -2.24. The molecule has 2 rings (SSSR count). The number of carboxylic acid groups (broad SMARTS) is 1. The van der Waals surface area contributed by atoms with Gasteiger partial charge in [-0.3, -0.25) is 0 Å². The molecule has 6 heteroatoms. The first-order valence-electron chi connectivity index (χ1n) is 8.63. The molecule has 0 heterocycles. The Morgan fingerprint density at radius 1 is 1.04 bits per heavy atom. The molecule has 1 amide bonds. The molecule has 0 bridgehead atoms. The van der Waals surface area contributed by atoms with Gasteiger partial charge in [-0.2, -0.15) is 0 Å². The molecule has 0 spiro atoms. The van der Waals surface area contributed by atoms with Crippen LogP contribution >= 0.6 is 0 Å². The average molecular weight is 371 g/mol. The maximum absolute atomic E-state index is 12.1. The van der Waals surface area contributed by atoms with Crippen LogP contribution in [-0.2, 0) is 17.9 Å². The van der Waals surface area contributed by atoms with Crippen molar-refractivity contribution < 1.29 is 24.2 Å². The van der Waals surface area contributed by atoms with Crippen LogP contribution in [0.3, 0.4) is 0 Å². The molecule has 144 valence electrons. The second kappa shape index (κ2) is 8.58. The highest BCUT2D eigenvalue weighted by molar-refractivity contribution is 5.91. The summed E-state index contributed by atoms with van der Waals surface area (Å²) >= 11 is 0. The van der Waals surface area contributed by atoms with Gasteiger partial charge in [0, 0.05) is 13.6 Å². The van der Waals surface area contributed by atoms with Crippen LogP contribution in [-0.4, -0.2) is 34.7 Å². The summed E-state index contributed by atoms with van der Waals surface area (Å²) in [6.07, 6.45) is -0.469. The average Bonchev–Trinajstić information content (AvgIpc) is 2.59. The lowest BCUT2D eigenvalue weighted by Crippen LogP contribution is -2.33. The van der Waals surface area contributed by atoms with Gasteiger partial charge in [0.25, 0.3) is 0 Å². The maximum atomic E-state index is 12.1. The molecular formula is C21H25NO5. The number of hydrogen-bond acceptors (Lipinski definition) is 4. The van der Waals surface area contributed by atoms with Crippen LogP contribution in [0.4, 0.5) is 4.79 Å². The minimum Gasteiger partial charge on any atom is -0.488 e. The third-order valence-electron chi connectivity index (χ3n) is 3.64. The van der Waals surface area contributed by atoms with E-state index in [2.05, 4.69) is 0 Å². The van der Waals surface area contributed by atoms with Crippen LogP contribution in [0.5, 0.6) is 5.75 Å². The van der Waals surface area contributed by atoms with E-state index < -0.39 is 17.7 Å². The largest absolute Gasteiger partial charge is 0.488 e. The standard InChI is InChI=1S/C21H25NO5/c1-21(2,3)27-20(25)22(4)13-16-10-11-18(17(12-16)19(23)24)26-14-15-8-6-5-7-9-15/h5-12H,13-14H2,1-4H3,(H,23,24). The lowest BCUT2D eigenvalue weighted by molar-refractivity contribution is 0.0285. The van der Waals surface area contributed by atoms with E-state index in [0.29, 0.717) is 5.56 Å². The van der Waals surface area contributed by atoms with Crippen LogP contribution in [0, 0.1) is 0 Å². The van der Waals surface area contributed by atoms with Gasteiger partial charge in [-0.1, -0.05) is 36.4 Å². The van der Waals surface area contributed by atoms with Crippen molar-refractivity contribution in [3.63, 3.8) is 0 Å². The van der Waals surface area contributed by atoms with Crippen molar-refractivity contribution in [2.75, 3.05) is 7.05 Å². The zero-order chi connectivity index (χ0) is 20.0. The molecule has 2 aromatic carbocycles. The molecule has 0 fully saturated rings. The first kappa shape index (κ1) is 20.3. The van der Waals surface area contributed by atoms with E-state index in [1.807, 2.05) is 30.3 Å². The van der Waals surface area contributed by atoms with Crippen molar-refractivity contribution in [3.8, 4) is 5.75 Å². The van der Waals surface area contributed by atoms with Crippen LogP contribution in [0.15, 0.2) is 48.5 Å². The Morgan fingerprint density at radius 2 is 1.70 bits per heavy atom. The molecule has 0 saturated carbocycles. The summed E-state index contributed by atoms with van der Waals surface area (Å²) in [6.45, 7) is 5.88. The first-order chi connectivity index (χ1) is 12.7. The number of benzene rings is 2. The van der Waals surface area contributed by atoms with Crippen molar-refractivity contribution in [1.29, 1.82) is 0 Å². The number of hydrogen-bond donors (Lipinski definition) is 1. The van der Waals surface area contributed by atoms with Crippen LogP contribution in [0.2, 0.25) is 0 Å². The quantitative estimate of drug-likeness (QED) is 0.818. The Bertz CT molecular complexity index is 796. The number of carbonyl (C=O) groups excluding carboxylic acids is 1. The molecule has 1 N–H and O–H groups in total. The summed E-state index contributed by atoms with van der Waals surface area (Å²) in [5.74, 6) is -0.796. The van der Waals surface area contributed by atoms with Gasteiger partial charge in [-0.15, -0.1) is 0 Å². The topological polar surface area (TPSA) is 76.1 Å². The van der Waals surface area contributed by atoms with Gasteiger partial charge in [0.2, 0.25) is 0 Å². The van der Waals surface area contributed by atoms with Gasteiger partial charge in [-0.05, 0) is 44.0 Å². The highest BCUT2D eigenvalue weighted by Crippen LogP contribution is 2.23. The molecule has 2 aromatic rings. The number of carbonyl (C=O) groups is 2. The third kappa shape index (κ3) is 6.33. The Labute approximate surface area is 159 Å². The van der Waals surface area contributed by atoms with Gasteiger partial charge < -0.3 is 19.5 Å². The normalized spacial score (nSPS) is 11.0. The number of amides is 1. The number of nitrogens with zero attached hydrogens (tertiary/aromatic N) is 1. The van der Waals surface area contributed by atoms with Crippen molar-refractivity contribution in [2.24, 2.45) is 0 Å². The summed E-state index contributed by atoms with van der Waals surface area (Å²) in [6, 6.07) is 14.4. The first-order valence-corrected chi connectivity index (χ1v) is 8.63. The Morgan fingerprint density at radius 3 is 2.30 bits per heavy atom. The Balaban J connectivity index is 2.10. The van der Waals surface area contributed by atoms with Gasteiger partial charge >= 0.3 is 12.1 Å². The zero-order valence-corrected chi connectivity index (χ0v) is 16.1. The molecule has 0 saturated heterocycles. The fourth-order valence-electron chi connectivity index (χ4n) is 2.38. The van der Waals surface area contributed by atoms with Crippen molar-refractivity contribution in [3.05, 3.63) is 65.2 Å². The van der Waals surface area contributed by atoms with Crippen LogP contribution < -0.4 is 4.74 Å². The van der Waals surface area contributed by atoms with Gasteiger partial charge in [0.1, 0.15) is 23.5 Å². The molecule has 0 aromatic heterocycles. The molecule has 0 aliphatic rings. The van der Waals surface area contributed by atoms with Crippen LogP contribution in [0.1, 0.15) is 42.3 Å². The second-order valence-electron chi connectivity index (χ2n) is 7.25. The van der Waals surface area contributed by atoms with Crippen molar-refractivity contribution in [2.45, 2.75) is 39.5 Å². The van der Waals surface area contributed by atoms with E-state index in [-0.39, 0.29) is 24.5 Å². The van der Waals surface area contributed by atoms with E-state index in [1.54, 1.807) is 40.0 Å². The molecule has 0 unspecified atom stereocenters. The molecule has 6 nitrogen and oxygen atoms in total. The summed E-state index contributed by atoms with van der Waals surface area (Å²) in [5.41, 5.74) is 1.09. The second-order valence-corrected chi connectivity index (χ2v) is 7.25. The third-order valence-corrected chi connectivity index (χ3v) is 3.64. The fourth-order valence-corrected chi connectivity index (χ4v) is 2.38. The van der Waals surface area contributed by atoms with E-state index >= 15 is 0 Å². The van der Waals surface area contributed by atoms with Gasteiger partial charge in [-0.25, -0.2) is 9.59 Å². The number of rotatable bonds is 6. The van der Waals surface area contributed by atoms with E-state index in [1.165, 1.54) is 11.0 Å². The molecule has 0 radical (unpaired) electrons. The smallest absolute Gasteiger partial charge is 0.410 e. The van der Waals surface area contributed by atoms with E-state index in [0.717, 1.165) is 5.56 Å². The monoisotopic (exact) mass is 371 g/mol. The van der Waals surface area contributed by atoms with E-state index in [9.17, 15) is 14.7 Å². The molecule has 0 aliphatic heterocycles. The minimum atomic E-state index is -1.08. The number of carboxylic acids is 1. The highest BCUT2D eigenvalue weighted by atomic mass is 16.6. The van der Waals surface area contributed by atoms with Crippen molar-refractivity contribution >= 4 is 12.1 Å². The minimum absolute atomic E-state index is 0.0565. The zero-order valence-electron chi connectivity index (χ0n) is 16.1. The highest BCUT2D eigenvalue weighted by Gasteiger charge is 2.20. The van der Waals surface area contributed by atoms with Gasteiger partial charge in [0.15, 0.2) is 0 Å². The molecule has 0 aliphatic carbocycles. The molecular weight excluding hydrogens is 346 g/mol. The Kier molecular flexibility index (Phi) is 6.45.